The van der Waals surface area contributed by atoms with E-state index in [9.17, 15) is 54.6 Å². The summed E-state index contributed by atoms with van der Waals surface area (Å²) in [5, 5.41) is 86.0. The second kappa shape index (κ2) is 18.2. The number of carbonyl (C=O) groups excluding carboxylic acids is 5. The number of aromatic hydroxyl groups is 1. The first-order valence-corrected chi connectivity index (χ1v) is 29.0. The van der Waals surface area contributed by atoms with Crippen LogP contribution in [0.25, 0.3) is 0 Å². The first-order valence-electron chi connectivity index (χ1n) is 29.0. The molecule has 3 saturated heterocycles. The molecule has 22 nitrogen and oxygen atoms in total. The Balaban J connectivity index is 0.649. The summed E-state index contributed by atoms with van der Waals surface area (Å²) in [6.07, 6.45) is -4.71. The molecule has 4 aromatic rings. The molecule has 83 heavy (non-hydrogen) atoms. The standard InChI is InChI=1S/C61H68N4O18/c1-26-42-45(57(5)58(6,76)55(75)83-61(57)53(26)81-61)48(71)43-41-44(50(78-28(3)67)52(73)59(42,43)27(2)66)56(4)36(23-39-49(80-39)51(56)72)46(47(41)70)62-40(69)15-9-7-8-12-20-65-24-29(63-64-65)25-77-31-17-19-35-38(22-31)79-37-21-30(68)16-18-34(37)60(35)33-14-11-10-13-32(33)54(74)82-60/h10-11,13-14,16-19,21-22,24,26,36,39,41-53,68,70-73,76H,7-9,12,15,20,23,25H2,1-6H3,(H,62,69)/t26-,36?,39?,41-,42-,43+,44+,45-,46-,47+,48+,49-,50-,51-,52-,53+,56-,57-,58+,59+,60?,61-/m0/s1. The van der Waals surface area contributed by atoms with E-state index in [4.69, 9.17) is 33.2 Å². The summed E-state index contributed by atoms with van der Waals surface area (Å²) in [7, 11) is 0. The SMILES string of the molecule is CC(=O)O[C@H]1[C@H]2[C@@H]([C@@H](O)[C@@H](NC(=O)CCCCCCn3cc(COc4ccc5c(c4)Oc4cc(O)ccc4C54OC(=O)c5ccccc54)nn3)C3CC4O[C@@H]4[C@H](O)[C@@]32C)[C@@H]2[C@@H](O)[C@@H]3[C@H]([C@H](C)[C@H]4O[C@]45OC(=O)[C@@](C)(O)[C@]35C)[C@@]2(C(C)=O)[C@H]1O. The number of unbranched alkanes of at least 4 members (excludes halogenated alkanes) is 3. The van der Waals surface area contributed by atoms with Crippen LogP contribution in [0.4, 0.5) is 0 Å². The van der Waals surface area contributed by atoms with Crippen molar-refractivity contribution in [2.75, 3.05) is 0 Å². The van der Waals surface area contributed by atoms with Gasteiger partial charge in [-0.25, -0.2) is 9.59 Å². The molecule has 3 unspecified atom stereocenters. The van der Waals surface area contributed by atoms with Gasteiger partial charge in [-0.2, -0.15) is 0 Å². The second-order valence-electron chi connectivity index (χ2n) is 25.8. The van der Waals surface area contributed by atoms with Crippen LogP contribution >= 0.6 is 0 Å². The van der Waals surface area contributed by atoms with E-state index in [0.717, 1.165) is 6.42 Å². The van der Waals surface area contributed by atoms with Crippen molar-refractivity contribution in [1.82, 2.24) is 20.3 Å². The molecule has 0 bridgehead atoms. The number of hydrogen-bond donors (Lipinski definition) is 7. The van der Waals surface area contributed by atoms with E-state index >= 15 is 0 Å². The number of nitrogens with one attached hydrogen (secondary N) is 1. The summed E-state index contributed by atoms with van der Waals surface area (Å²) in [5.74, 6) is -10.7. The third-order valence-electron chi connectivity index (χ3n) is 22.1. The lowest BCUT2D eigenvalue weighted by molar-refractivity contribution is -0.279. The number of epoxide rings is 2. The number of nitrogens with zero attached hydrogens (tertiary/aromatic N) is 3. The Labute approximate surface area is 476 Å². The molecular weight excluding hydrogens is 1080 g/mol. The number of amides is 1. The van der Waals surface area contributed by atoms with E-state index in [2.05, 4.69) is 15.6 Å². The lowest BCUT2D eigenvalue weighted by atomic mass is 9.39. The molecule has 2 spiro atoms. The summed E-state index contributed by atoms with van der Waals surface area (Å²) >= 11 is 0. The number of carbonyl (C=O) groups is 5. The molecule has 8 fully saturated rings. The Bertz CT molecular complexity index is 3430. The van der Waals surface area contributed by atoms with E-state index in [1.807, 2.05) is 12.1 Å². The van der Waals surface area contributed by atoms with Crippen LogP contribution in [0.2, 0.25) is 0 Å². The Morgan fingerprint density at radius 2 is 1.58 bits per heavy atom. The molecule has 6 heterocycles. The van der Waals surface area contributed by atoms with Gasteiger partial charge in [-0.05, 0) is 88.1 Å². The Hall–Kier alpha value is -6.53. The number of phenols is 1. The summed E-state index contributed by atoms with van der Waals surface area (Å²) in [4.78, 5) is 69.1. The second-order valence-corrected chi connectivity index (χ2v) is 25.8. The fourth-order valence-corrected chi connectivity index (χ4v) is 18.4. The fourth-order valence-electron chi connectivity index (χ4n) is 18.4. The van der Waals surface area contributed by atoms with Gasteiger partial charge in [0.25, 0.3) is 0 Å². The van der Waals surface area contributed by atoms with Crippen molar-refractivity contribution in [2.45, 2.75) is 165 Å². The number of hydrogen-bond acceptors (Lipinski definition) is 20. The van der Waals surface area contributed by atoms with E-state index < -0.39 is 153 Å². The minimum atomic E-state index is -2.23. The lowest BCUT2D eigenvalue weighted by Gasteiger charge is -2.67. The molecule has 5 aliphatic carbocycles. The van der Waals surface area contributed by atoms with Crippen molar-refractivity contribution in [3.05, 3.63) is 94.8 Å². The highest BCUT2D eigenvalue weighted by atomic mass is 16.8. The lowest BCUT2D eigenvalue weighted by Crippen LogP contribution is -2.77. The van der Waals surface area contributed by atoms with Crippen molar-refractivity contribution in [3.63, 3.8) is 0 Å². The van der Waals surface area contributed by atoms with Gasteiger partial charge in [-0.3, -0.25) is 19.1 Å². The van der Waals surface area contributed by atoms with Crippen LogP contribution in [0, 0.1) is 57.7 Å². The van der Waals surface area contributed by atoms with Gasteiger partial charge < -0.3 is 69.1 Å². The molecule has 5 aliphatic heterocycles. The summed E-state index contributed by atoms with van der Waals surface area (Å²) in [5.41, 5.74) is -5.63. The van der Waals surface area contributed by atoms with Crippen molar-refractivity contribution >= 4 is 29.6 Å². The molecule has 3 aromatic carbocycles. The van der Waals surface area contributed by atoms with E-state index in [-0.39, 0.29) is 24.7 Å². The van der Waals surface area contributed by atoms with Gasteiger partial charge >= 0.3 is 17.9 Å². The molecule has 5 saturated carbocycles. The highest BCUT2D eigenvalue weighted by Crippen LogP contribution is 2.81. The number of aliphatic hydroxyl groups excluding tert-OH is 4. The number of fused-ring (bicyclic) bond motifs is 15. The van der Waals surface area contributed by atoms with Gasteiger partial charge in [-0.15, -0.1) is 5.10 Å². The molecule has 1 aromatic heterocycles. The number of rotatable bonds is 13. The highest BCUT2D eigenvalue weighted by molar-refractivity contribution is 5.97. The third kappa shape index (κ3) is 7.04. The Kier molecular flexibility index (Phi) is 12.0. The van der Waals surface area contributed by atoms with Crippen LogP contribution in [0.15, 0.2) is 66.9 Å². The maximum atomic E-state index is 14.9. The first kappa shape index (κ1) is 54.4. The van der Waals surface area contributed by atoms with Gasteiger partial charge in [0.1, 0.15) is 65.5 Å². The number of phenolic OH excluding ortho intramolecular Hbond substituents is 1. The molecule has 0 radical (unpaired) electrons. The zero-order valence-electron chi connectivity index (χ0n) is 46.7. The largest absolute Gasteiger partial charge is 0.508 e. The topological polar surface area (TPSA) is 321 Å². The average molecular weight is 1150 g/mol. The predicted octanol–water partition coefficient (Wildman–Crippen LogP) is 3.49. The van der Waals surface area contributed by atoms with Crippen molar-refractivity contribution in [2.24, 2.45) is 57.7 Å². The molecule has 10 aliphatic rings. The Morgan fingerprint density at radius 1 is 0.843 bits per heavy atom. The fraction of sp³-hybridized carbons (Fsp3) is 0.590. The van der Waals surface area contributed by atoms with Crippen molar-refractivity contribution < 1.29 is 87.8 Å². The molecule has 7 N–H and O–H groups in total. The van der Waals surface area contributed by atoms with Crippen molar-refractivity contribution in [3.8, 4) is 23.0 Å². The first-order chi connectivity index (χ1) is 39.5. The van der Waals surface area contributed by atoms with E-state index in [1.54, 1.807) is 68.0 Å². The number of benzene rings is 3. The van der Waals surface area contributed by atoms with Gasteiger partial charge in [0, 0.05) is 77.8 Å². The minimum Gasteiger partial charge on any atom is -0.508 e. The van der Waals surface area contributed by atoms with Gasteiger partial charge in [0.05, 0.1) is 53.0 Å². The number of aliphatic hydroxyl groups is 5. The van der Waals surface area contributed by atoms with Gasteiger partial charge in [0.15, 0.2) is 11.2 Å². The zero-order chi connectivity index (χ0) is 58.4. The summed E-state index contributed by atoms with van der Waals surface area (Å²) < 4.78 is 44.5. The number of ketones is 1. The molecule has 14 rings (SSSR count). The number of aryl methyl sites for hydroxylation is 1. The average Bonchev–Trinajstić information content (AvgIpc) is 1.61. The molecule has 440 valence electrons. The van der Waals surface area contributed by atoms with E-state index in [0.29, 0.717) is 77.4 Å². The van der Waals surface area contributed by atoms with Gasteiger partial charge in [-0.1, -0.05) is 50.1 Å². The normalized spacial score (nSPS) is 42.9. The summed E-state index contributed by atoms with van der Waals surface area (Å²) in [6.45, 7) is 9.54. The monoisotopic (exact) mass is 1140 g/mol. The maximum Gasteiger partial charge on any atom is 0.341 e. The van der Waals surface area contributed by atoms with Crippen LogP contribution < -0.4 is 14.8 Å². The molecule has 22 heteroatoms. The van der Waals surface area contributed by atoms with Crippen LogP contribution in [0.3, 0.4) is 0 Å². The molecule has 22 atom stereocenters. The quantitative estimate of drug-likeness (QED) is 0.0436. The molecule has 1 amide bonds. The predicted molar refractivity (Wildman–Crippen MR) is 282 cm³/mol. The van der Waals surface area contributed by atoms with Crippen molar-refractivity contribution in [1.29, 1.82) is 0 Å². The number of esters is 3. The summed E-state index contributed by atoms with van der Waals surface area (Å²) in [6, 6.07) is 16.1. The van der Waals surface area contributed by atoms with Crippen LogP contribution in [0.1, 0.15) is 113 Å². The third-order valence-corrected chi connectivity index (χ3v) is 22.1. The molecular formula is C61H68N4O18. The Morgan fingerprint density at radius 3 is 2.34 bits per heavy atom. The number of Topliss-reactive ketones (excluding diaryl/α,β-unsaturated/α-hetero) is 1. The minimum absolute atomic E-state index is 0.0111. The smallest absolute Gasteiger partial charge is 0.341 e. The number of ether oxygens (including phenoxy) is 7. The zero-order valence-corrected chi connectivity index (χ0v) is 46.7. The van der Waals surface area contributed by atoms with Crippen LogP contribution in [-0.4, -0.2) is 141 Å². The van der Waals surface area contributed by atoms with Crippen LogP contribution in [-0.2, 0) is 61.6 Å². The highest BCUT2D eigenvalue weighted by Gasteiger charge is 2.94. The van der Waals surface area contributed by atoms with E-state index in [1.165, 1.54) is 32.9 Å². The maximum absolute atomic E-state index is 14.9. The van der Waals surface area contributed by atoms with Crippen LogP contribution in [0.5, 0.6) is 23.0 Å². The number of aromatic nitrogens is 3. The van der Waals surface area contributed by atoms with Gasteiger partial charge in [0.2, 0.25) is 11.7 Å².